The first-order chi connectivity index (χ1) is 14.7. The van der Waals surface area contributed by atoms with Gasteiger partial charge in [0, 0.05) is 17.4 Å². The maximum atomic E-state index is 13.7. The van der Waals surface area contributed by atoms with Crippen LogP contribution in [0.4, 0.5) is 4.39 Å². The number of rotatable bonds is 8. The molecule has 2 heterocycles. The summed E-state index contributed by atoms with van der Waals surface area (Å²) in [6.07, 6.45) is 0. The Kier molecular flexibility index (Phi) is 6.04. The molecule has 0 spiro atoms. The minimum Gasteiger partial charge on any atom is -0.497 e. The van der Waals surface area contributed by atoms with Gasteiger partial charge in [0.2, 0.25) is 5.82 Å². The molecule has 6 nitrogen and oxygen atoms in total. The molecule has 0 aliphatic rings. The Bertz CT molecular complexity index is 1120. The molecule has 8 heteroatoms. The van der Waals surface area contributed by atoms with Crippen LogP contribution in [0.3, 0.4) is 0 Å². The standard InChI is InChI=1S/C22H19FN2O4S/c1-26-17-9-15(10-18(11-17)27-2)21-24-22(29-25-21)20-8-7-16(28-20)13-30-12-14-5-3-4-6-19(14)23/h3-11H,12-13H2,1-2H3. The number of methoxy groups -OCH3 is 2. The molecule has 0 N–H and O–H groups in total. The van der Waals surface area contributed by atoms with E-state index < -0.39 is 0 Å². The van der Waals surface area contributed by atoms with Gasteiger partial charge in [-0.2, -0.15) is 4.98 Å². The van der Waals surface area contributed by atoms with Gasteiger partial charge in [0.15, 0.2) is 5.76 Å². The number of nitrogens with zero attached hydrogens (tertiary/aromatic N) is 2. The minimum atomic E-state index is -0.197. The van der Waals surface area contributed by atoms with Gasteiger partial charge < -0.3 is 18.4 Å². The molecule has 2 aromatic carbocycles. The summed E-state index contributed by atoms with van der Waals surface area (Å²) in [5.41, 5.74) is 1.37. The van der Waals surface area contributed by atoms with Crippen molar-refractivity contribution in [3.05, 3.63) is 71.7 Å². The van der Waals surface area contributed by atoms with Crippen molar-refractivity contribution in [2.75, 3.05) is 14.2 Å². The fraction of sp³-hybridized carbons (Fsp3) is 0.182. The molecule has 0 aliphatic heterocycles. The van der Waals surface area contributed by atoms with E-state index in [0.29, 0.717) is 45.7 Å². The third-order valence-electron chi connectivity index (χ3n) is 4.37. The smallest absolute Gasteiger partial charge is 0.293 e. The monoisotopic (exact) mass is 426 g/mol. The lowest BCUT2D eigenvalue weighted by Gasteiger charge is -2.05. The zero-order valence-electron chi connectivity index (χ0n) is 16.4. The fourth-order valence-corrected chi connectivity index (χ4v) is 3.74. The first kappa shape index (κ1) is 20.0. The van der Waals surface area contributed by atoms with Crippen molar-refractivity contribution >= 4 is 11.8 Å². The van der Waals surface area contributed by atoms with Crippen molar-refractivity contribution in [2.45, 2.75) is 11.5 Å². The zero-order chi connectivity index (χ0) is 20.9. The highest BCUT2D eigenvalue weighted by molar-refractivity contribution is 7.97. The molecule has 4 aromatic rings. The second-order valence-electron chi connectivity index (χ2n) is 6.37. The molecular formula is C22H19FN2O4S. The van der Waals surface area contributed by atoms with Gasteiger partial charge in [-0.15, -0.1) is 11.8 Å². The van der Waals surface area contributed by atoms with Crippen molar-refractivity contribution in [3.8, 4) is 34.5 Å². The van der Waals surface area contributed by atoms with Crippen LogP contribution in [0.1, 0.15) is 11.3 Å². The molecule has 0 saturated heterocycles. The predicted octanol–water partition coefficient (Wildman–Crippen LogP) is 5.59. The highest BCUT2D eigenvalue weighted by Crippen LogP contribution is 2.30. The van der Waals surface area contributed by atoms with Crippen LogP contribution < -0.4 is 9.47 Å². The highest BCUT2D eigenvalue weighted by Gasteiger charge is 2.16. The van der Waals surface area contributed by atoms with E-state index in [1.807, 2.05) is 12.1 Å². The number of aromatic nitrogens is 2. The summed E-state index contributed by atoms with van der Waals surface area (Å²) < 4.78 is 35.4. The Morgan fingerprint density at radius 2 is 1.73 bits per heavy atom. The lowest BCUT2D eigenvalue weighted by molar-refractivity contribution is 0.394. The van der Waals surface area contributed by atoms with Crippen LogP contribution in [0.25, 0.3) is 23.0 Å². The summed E-state index contributed by atoms with van der Waals surface area (Å²) in [7, 11) is 3.16. The number of halogens is 1. The van der Waals surface area contributed by atoms with E-state index in [-0.39, 0.29) is 11.7 Å². The van der Waals surface area contributed by atoms with Gasteiger partial charge in [0.25, 0.3) is 5.89 Å². The molecule has 0 fully saturated rings. The second-order valence-corrected chi connectivity index (χ2v) is 7.36. The number of hydrogen-bond acceptors (Lipinski definition) is 7. The third kappa shape index (κ3) is 4.49. The molecule has 0 radical (unpaired) electrons. The number of ether oxygens (including phenoxy) is 2. The number of hydrogen-bond donors (Lipinski definition) is 0. The predicted molar refractivity (Wildman–Crippen MR) is 112 cm³/mol. The summed E-state index contributed by atoms with van der Waals surface area (Å²) in [6, 6.07) is 15.7. The third-order valence-corrected chi connectivity index (χ3v) is 5.37. The summed E-state index contributed by atoms with van der Waals surface area (Å²) in [4.78, 5) is 4.42. The Hall–Kier alpha value is -3.26. The van der Waals surface area contributed by atoms with Gasteiger partial charge >= 0.3 is 0 Å². The van der Waals surface area contributed by atoms with Gasteiger partial charge in [0.1, 0.15) is 23.1 Å². The molecule has 0 bridgehead atoms. The molecule has 2 aromatic heterocycles. The van der Waals surface area contributed by atoms with Crippen molar-refractivity contribution in [3.63, 3.8) is 0 Å². The lowest BCUT2D eigenvalue weighted by Crippen LogP contribution is -1.89. The summed E-state index contributed by atoms with van der Waals surface area (Å²) >= 11 is 1.56. The van der Waals surface area contributed by atoms with E-state index in [4.69, 9.17) is 18.4 Å². The Balaban J connectivity index is 1.44. The van der Waals surface area contributed by atoms with Crippen LogP contribution in [0.2, 0.25) is 0 Å². The summed E-state index contributed by atoms with van der Waals surface area (Å²) in [5, 5.41) is 4.03. The topological polar surface area (TPSA) is 70.5 Å². The van der Waals surface area contributed by atoms with Gasteiger partial charge in [0.05, 0.1) is 20.0 Å². The number of thioether (sulfide) groups is 1. The number of benzene rings is 2. The van der Waals surface area contributed by atoms with E-state index in [0.717, 1.165) is 5.76 Å². The maximum absolute atomic E-state index is 13.7. The van der Waals surface area contributed by atoms with Gasteiger partial charge in [-0.05, 0) is 35.9 Å². The van der Waals surface area contributed by atoms with Crippen LogP contribution in [0.5, 0.6) is 11.5 Å². The Labute approximate surface area is 177 Å². The fourth-order valence-electron chi connectivity index (χ4n) is 2.82. The van der Waals surface area contributed by atoms with Crippen molar-refractivity contribution in [1.29, 1.82) is 0 Å². The van der Waals surface area contributed by atoms with Crippen LogP contribution in [0.15, 0.2) is 63.5 Å². The molecular weight excluding hydrogens is 407 g/mol. The average molecular weight is 426 g/mol. The molecule has 0 saturated carbocycles. The molecule has 0 atom stereocenters. The number of furan rings is 1. The lowest BCUT2D eigenvalue weighted by atomic mass is 10.2. The van der Waals surface area contributed by atoms with E-state index in [1.54, 1.807) is 62.4 Å². The zero-order valence-corrected chi connectivity index (χ0v) is 17.2. The van der Waals surface area contributed by atoms with Crippen LogP contribution in [-0.2, 0) is 11.5 Å². The molecule has 0 unspecified atom stereocenters. The second kappa shape index (κ2) is 9.04. The SMILES string of the molecule is COc1cc(OC)cc(-c2noc(-c3ccc(CSCc4ccccc4F)o3)n2)c1. The van der Waals surface area contributed by atoms with Crippen LogP contribution >= 0.6 is 11.8 Å². The Morgan fingerprint density at radius 1 is 0.967 bits per heavy atom. The van der Waals surface area contributed by atoms with E-state index >= 15 is 0 Å². The molecule has 30 heavy (non-hydrogen) atoms. The first-order valence-corrected chi connectivity index (χ1v) is 10.3. The molecule has 0 amide bonds. The maximum Gasteiger partial charge on any atom is 0.293 e. The molecule has 4 rings (SSSR count). The van der Waals surface area contributed by atoms with Crippen LogP contribution in [0, 0.1) is 5.82 Å². The van der Waals surface area contributed by atoms with Gasteiger partial charge in [-0.3, -0.25) is 0 Å². The van der Waals surface area contributed by atoms with E-state index in [1.165, 1.54) is 6.07 Å². The average Bonchev–Trinajstić information content (AvgIpc) is 3.44. The molecule has 154 valence electrons. The first-order valence-electron chi connectivity index (χ1n) is 9.13. The van der Waals surface area contributed by atoms with E-state index in [2.05, 4.69) is 10.1 Å². The summed E-state index contributed by atoms with van der Waals surface area (Å²) in [6.45, 7) is 0. The van der Waals surface area contributed by atoms with E-state index in [9.17, 15) is 4.39 Å². The minimum absolute atomic E-state index is 0.197. The summed E-state index contributed by atoms with van der Waals surface area (Å²) in [5.74, 6) is 4.11. The Morgan fingerprint density at radius 3 is 2.47 bits per heavy atom. The van der Waals surface area contributed by atoms with Gasteiger partial charge in [-0.25, -0.2) is 4.39 Å². The van der Waals surface area contributed by atoms with Crippen molar-refractivity contribution in [2.24, 2.45) is 0 Å². The van der Waals surface area contributed by atoms with Crippen LogP contribution in [-0.4, -0.2) is 24.4 Å². The largest absolute Gasteiger partial charge is 0.497 e. The van der Waals surface area contributed by atoms with Gasteiger partial charge in [-0.1, -0.05) is 23.4 Å². The quantitative estimate of drug-likeness (QED) is 0.364. The normalized spacial score (nSPS) is 10.9. The van der Waals surface area contributed by atoms with Crippen molar-refractivity contribution in [1.82, 2.24) is 10.1 Å². The highest BCUT2D eigenvalue weighted by atomic mass is 32.2. The molecule has 0 aliphatic carbocycles. The van der Waals surface area contributed by atoms with Crippen molar-refractivity contribution < 1.29 is 22.8 Å².